The quantitative estimate of drug-likeness (QED) is 0.227. The highest BCUT2D eigenvalue weighted by Gasteiger charge is 2.63. The maximum absolute atomic E-state index is 12.9. The van der Waals surface area contributed by atoms with Crippen LogP contribution in [0.25, 0.3) is 0 Å². The Balaban J connectivity index is 2.21. The molecule has 3 aliphatic rings. The lowest BCUT2D eigenvalue weighted by Crippen LogP contribution is -2.55. The summed E-state index contributed by atoms with van der Waals surface area (Å²) in [5.74, 6) is -1.79. The van der Waals surface area contributed by atoms with Gasteiger partial charge in [-0.3, -0.25) is 9.59 Å². The van der Waals surface area contributed by atoms with Crippen molar-refractivity contribution in [2.24, 2.45) is 0 Å². The molecule has 2 aliphatic heterocycles. The fourth-order valence-electron chi connectivity index (χ4n) is 4.08. The Labute approximate surface area is 163 Å². The number of Topliss-reactive ketones (excluding diaryl/α,β-unsaturated/α-hetero) is 1. The molecule has 0 spiro atoms. The van der Waals surface area contributed by atoms with Crippen LogP contribution in [0.5, 0.6) is 0 Å². The number of hydrogen-bond acceptors (Lipinski definition) is 7. The second-order valence-electron chi connectivity index (χ2n) is 7.40. The standard InChI is InChI=1S/C21H24O7/c1-4-6-7-8-14(23)15-16-17-12(13(11-22)18(24)27-17)10-21(26,9-5-2)20(16,3)28-19(15)25/h5,9,11,25-26H,4,6-8,10H2,1-3H3/b9-5+. The van der Waals surface area contributed by atoms with E-state index in [1.807, 2.05) is 6.92 Å². The first kappa shape index (κ1) is 20.1. The van der Waals surface area contributed by atoms with Gasteiger partial charge in [-0.15, -0.1) is 0 Å². The van der Waals surface area contributed by atoms with E-state index in [9.17, 15) is 24.6 Å². The number of aliphatic hydroxyl groups is 2. The third-order valence-corrected chi connectivity index (χ3v) is 5.60. The van der Waals surface area contributed by atoms with E-state index in [4.69, 9.17) is 9.47 Å². The van der Waals surface area contributed by atoms with Crippen molar-refractivity contribution in [3.63, 3.8) is 0 Å². The summed E-state index contributed by atoms with van der Waals surface area (Å²) in [5, 5.41) is 21.8. The topological polar surface area (TPSA) is 110 Å². The van der Waals surface area contributed by atoms with Gasteiger partial charge in [-0.2, -0.15) is 0 Å². The molecule has 2 unspecified atom stereocenters. The smallest absolute Gasteiger partial charge is 0.347 e. The van der Waals surface area contributed by atoms with Gasteiger partial charge in [0.2, 0.25) is 0 Å². The lowest BCUT2D eigenvalue weighted by Gasteiger charge is -2.44. The third-order valence-electron chi connectivity index (χ3n) is 5.60. The van der Waals surface area contributed by atoms with E-state index in [0.717, 1.165) is 12.8 Å². The van der Waals surface area contributed by atoms with Crippen LogP contribution in [0.4, 0.5) is 0 Å². The van der Waals surface area contributed by atoms with Gasteiger partial charge in [-0.05, 0) is 20.3 Å². The zero-order chi connectivity index (χ0) is 20.7. The summed E-state index contributed by atoms with van der Waals surface area (Å²) in [4.78, 5) is 36.4. The van der Waals surface area contributed by atoms with E-state index in [2.05, 4.69) is 0 Å². The lowest BCUT2D eigenvalue weighted by molar-refractivity contribution is -0.135. The normalized spacial score (nSPS) is 29.2. The van der Waals surface area contributed by atoms with E-state index in [0.29, 0.717) is 12.7 Å². The van der Waals surface area contributed by atoms with Gasteiger partial charge < -0.3 is 19.7 Å². The van der Waals surface area contributed by atoms with E-state index < -0.39 is 23.1 Å². The predicted octanol–water partition coefficient (Wildman–Crippen LogP) is 2.71. The number of aliphatic hydroxyl groups excluding tert-OH is 1. The molecule has 0 radical (unpaired) electrons. The Kier molecular flexibility index (Phi) is 5.06. The van der Waals surface area contributed by atoms with E-state index in [-0.39, 0.29) is 46.7 Å². The lowest BCUT2D eigenvalue weighted by atomic mass is 9.67. The van der Waals surface area contributed by atoms with Crippen molar-refractivity contribution in [2.75, 3.05) is 0 Å². The first-order chi connectivity index (χ1) is 13.2. The average Bonchev–Trinajstić information content (AvgIpc) is 3.08. The summed E-state index contributed by atoms with van der Waals surface area (Å²) >= 11 is 0. The fourth-order valence-corrected chi connectivity index (χ4v) is 4.08. The first-order valence-electron chi connectivity index (χ1n) is 9.41. The molecule has 0 aromatic rings. The number of esters is 1. The summed E-state index contributed by atoms with van der Waals surface area (Å²) < 4.78 is 10.9. The number of carbonyl (C=O) groups is 3. The Morgan fingerprint density at radius 3 is 2.64 bits per heavy atom. The van der Waals surface area contributed by atoms with Crippen molar-refractivity contribution < 1.29 is 34.1 Å². The van der Waals surface area contributed by atoms with Crippen LogP contribution in [0.15, 0.2) is 46.1 Å². The molecule has 28 heavy (non-hydrogen) atoms. The van der Waals surface area contributed by atoms with Crippen LogP contribution in [0.2, 0.25) is 0 Å². The molecule has 3 rings (SSSR count). The van der Waals surface area contributed by atoms with E-state index in [1.54, 1.807) is 13.0 Å². The van der Waals surface area contributed by atoms with Gasteiger partial charge in [0.15, 0.2) is 17.7 Å². The molecule has 0 aromatic carbocycles. The maximum Gasteiger partial charge on any atom is 0.347 e. The number of aldehydes is 1. The summed E-state index contributed by atoms with van der Waals surface area (Å²) in [6, 6.07) is 0. The predicted molar refractivity (Wildman–Crippen MR) is 98.9 cm³/mol. The van der Waals surface area contributed by atoms with Crippen molar-refractivity contribution in [1.29, 1.82) is 0 Å². The summed E-state index contributed by atoms with van der Waals surface area (Å²) in [6.07, 6.45) is 5.92. The Hall–Kier alpha value is -2.67. The highest BCUT2D eigenvalue weighted by molar-refractivity contribution is 6.12. The van der Waals surface area contributed by atoms with Gasteiger partial charge >= 0.3 is 5.97 Å². The molecular formula is C21H24O7. The zero-order valence-corrected chi connectivity index (χ0v) is 16.2. The van der Waals surface area contributed by atoms with Crippen LogP contribution in [0, 0.1) is 0 Å². The molecule has 0 aromatic heterocycles. The fraction of sp³-hybridized carbons (Fsp3) is 0.476. The third kappa shape index (κ3) is 2.73. The molecule has 7 heteroatoms. The van der Waals surface area contributed by atoms with Crippen LogP contribution < -0.4 is 0 Å². The number of hydrogen-bond donors (Lipinski definition) is 2. The molecule has 7 nitrogen and oxygen atoms in total. The molecule has 0 saturated heterocycles. The molecular weight excluding hydrogens is 364 g/mol. The number of ether oxygens (including phenoxy) is 2. The highest BCUT2D eigenvalue weighted by Crippen LogP contribution is 2.56. The van der Waals surface area contributed by atoms with Crippen molar-refractivity contribution in [1.82, 2.24) is 0 Å². The number of ketones is 1. The summed E-state index contributed by atoms with van der Waals surface area (Å²) in [7, 11) is 0. The summed E-state index contributed by atoms with van der Waals surface area (Å²) in [6.45, 7) is 5.24. The maximum atomic E-state index is 12.9. The van der Waals surface area contributed by atoms with Gasteiger partial charge in [0.05, 0.1) is 5.57 Å². The van der Waals surface area contributed by atoms with Crippen molar-refractivity contribution in [2.45, 2.75) is 64.1 Å². The van der Waals surface area contributed by atoms with Crippen LogP contribution in [0.3, 0.4) is 0 Å². The van der Waals surface area contributed by atoms with Crippen LogP contribution in [-0.4, -0.2) is 39.5 Å². The molecule has 2 atom stereocenters. The molecule has 150 valence electrons. The largest absolute Gasteiger partial charge is 0.480 e. The number of rotatable bonds is 7. The second kappa shape index (κ2) is 7.05. The van der Waals surface area contributed by atoms with Crippen molar-refractivity contribution >= 4 is 18.0 Å². The molecule has 1 aliphatic carbocycles. The van der Waals surface area contributed by atoms with Crippen molar-refractivity contribution in [3.05, 3.63) is 46.1 Å². The Morgan fingerprint density at radius 2 is 2.04 bits per heavy atom. The first-order valence-corrected chi connectivity index (χ1v) is 9.41. The summed E-state index contributed by atoms with van der Waals surface area (Å²) in [5.41, 5.74) is -3.22. The van der Waals surface area contributed by atoms with Gasteiger partial charge in [-0.1, -0.05) is 31.9 Å². The molecule has 0 bridgehead atoms. The zero-order valence-electron chi connectivity index (χ0n) is 16.2. The minimum absolute atomic E-state index is 0.0201. The molecule has 2 heterocycles. The monoisotopic (exact) mass is 388 g/mol. The molecule has 2 N–H and O–H groups in total. The number of allylic oxidation sites excluding steroid dienone is 2. The molecule has 0 amide bonds. The Morgan fingerprint density at radius 1 is 1.32 bits per heavy atom. The minimum atomic E-state index is -1.70. The highest BCUT2D eigenvalue weighted by atomic mass is 16.6. The molecule has 0 fully saturated rings. The van der Waals surface area contributed by atoms with E-state index in [1.165, 1.54) is 13.0 Å². The number of carbonyl (C=O) groups excluding carboxylic acids is 3. The SMILES string of the molecule is C/C=C/C1(O)CC2=C(C=O)C(=O)OC2=C2C(C(=O)CCCCC)=C(O)OC21C. The average molecular weight is 388 g/mol. The van der Waals surface area contributed by atoms with Crippen LogP contribution >= 0.6 is 0 Å². The van der Waals surface area contributed by atoms with Crippen LogP contribution in [0.1, 0.15) is 52.9 Å². The van der Waals surface area contributed by atoms with Gasteiger partial charge in [-0.25, -0.2) is 4.79 Å². The van der Waals surface area contributed by atoms with Crippen molar-refractivity contribution in [3.8, 4) is 0 Å². The minimum Gasteiger partial charge on any atom is -0.480 e. The van der Waals surface area contributed by atoms with Crippen LogP contribution in [-0.2, 0) is 23.9 Å². The molecule has 0 saturated carbocycles. The van der Waals surface area contributed by atoms with Gasteiger partial charge in [0.1, 0.15) is 22.5 Å². The number of unbranched alkanes of at least 4 members (excludes halogenated alkanes) is 2. The van der Waals surface area contributed by atoms with E-state index >= 15 is 0 Å². The Bertz CT molecular complexity index is 873. The number of fused-ring (bicyclic) bond motifs is 2. The second-order valence-corrected chi connectivity index (χ2v) is 7.40. The van der Waals surface area contributed by atoms with Gasteiger partial charge in [0.25, 0.3) is 5.95 Å². The van der Waals surface area contributed by atoms with Gasteiger partial charge in [0, 0.05) is 18.4 Å².